The molecule has 0 spiro atoms. The maximum absolute atomic E-state index is 12.7. The lowest BCUT2D eigenvalue weighted by molar-refractivity contribution is 0.0925. The SMILES string of the molecule is CC1=Nc2cc(C(=O)NCCCN3[C@H](C)CCC[C@@H]3C)ccc2Sc2ccc(Cl)cc21. The standard InChI is InChI=1S/C25H30ClN3OS/c1-16-6-4-7-17(2)29(16)13-5-12-27-25(30)19-8-10-24-22(14-19)28-18(3)21-15-20(26)9-11-23(21)31-24/h8-11,14-17H,4-7,12-13H2,1-3H3,(H,27,30)/t16-,17+. The Hall–Kier alpha value is -1.82. The summed E-state index contributed by atoms with van der Waals surface area (Å²) in [5.41, 5.74) is 3.44. The van der Waals surface area contributed by atoms with Crippen LogP contribution in [0.25, 0.3) is 0 Å². The third kappa shape index (κ3) is 5.16. The van der Waals surface area contributed by atoms with E-state index in [1.54, 1.807) is 11.8 Å². The van der Waals surface area contributed by atoms with Gasteiger partial charge in [0.15, 0.2) is 0 Å². The molecular weight excluding hydrogens is 426 g/mol. The van der Waals surface area contributed by atoms with Gasteiger partial charge in [0, 0.05) is 56.8 Å². The van der Waals surface area contributed by atoms with Gasteiger partial charge in [0.2, 0.25) is 0 Å². The number of carbonyl (C=O) groups excluding carboxylic acids is 1. The number of nitrogens with one attached hydrogen (secondary N) is 1. The number of halogens is 1. The Kier molecular flexibility index (Phi) is 7.05. The first kappa shape index (κ1) is 22.4. The zero-order chi connectivity index (χ0) is 22.0. The summed E-state index contributed by atoms with van der Waals surface area (Å²) in [6, 6.07) is 12.9. The van der Waals surface area contributed by atoms with Gasteiger partial charge in [-0.3, -0.25) is 14.7 Å². The van der Waals surface area contributed by atoms with Crippen molar-refractivity contribution in [2.45, 2.75) is 68.3 Å². The third-order valence-electron chi connectivity index (χ3n) is 6.32. The molecule has 6 heteroatoms. The van der Waals surface area contributed by atoms with E-state index in [4.69, 9.17) is 16.6 Å². The number of rotatable bonds is 5. The number of hydrogen-bond donors (Lipinski definition) is 1. The van der Waals surface area contributed by atoms with E-state index in [2.05, 4.69) is 24.1 Å². The highest BCUT2D eigenvalue weighted by Crippen LogP contribution is 2.41. The van der Waals surface area contributed by atoms with Gasteiger partial charge in [-0.15, -0.1) is 0 Å². The summed E-state index contributed by atoms with van der Waals surface area (Å²) < 4.78 is 0. The van der Waals surface area contributed by atoms with Crippen LogP contribution in [0.15, 0.2) is 51.2 Å². The lowest BCUT2D eigenvalue weighted by Crippen LogP contribution is -2.44. The number of hydrogen-bond acceptors (Lipinski definition) is 4. The van der Waals surface area contributed by atoms with Crippen molar-refractivity contribution in [1.29, 1.82) is 0 Å². The molecule has 1 saturated heterocycles. The van der Waals surface area contributed by atoms with E-state index in [1.807, 2.05) is 43.3 Å². The first-order valence-corrected chi connectivity index (χ1v) is 12.3. The predicted molar refractivity (Wildman–Crippen MR) is 130 cm³/mol. The highest BCUT2D eigenvalue weighted by atomic mass is 35.5. The summed E-state index contributed by atoms with van der Waals surface area (Å²) in [4.78, 5) is 22.3. The molecule has 2 aromatic carbocycles. The van der Waals surface area contributed by atoms with Crippen molar-refractivity contribution in [3.05, 3.63) is 52.5 Å². The van der Waals surface area contributed by atoms with Crippen molar-refractivity contribution in [1.82, 2.24) is 10.2 Å². The van der Waals surface area contributed by atoms with Crippen molar-refractivity contribution in [2.24, 2.45) is 4.99 Å². The number of benzene rings is 2. The van der Waals surface area contributed by atoms with Crippen molar-refractivity contribution < 1.29 is 4.79 Å². The van der Waals surface area contributed by atoms with Crippen LogP contribution in [0.5, 0.6) is 0 Å². The number of likely N-dealkylation sites (tertiary alicyclic amines) is 1. The van der Waals surface area contributed by atoms with E-state index in [0.29, 0.717) is 29.2 Å². The molecule has 1 N–H and O–H groups in total. The quantitative estimate of drug-likeness (QED) is 0.536. The van der Waals surface area contributed by atoms with Crippen molar-refractivity contribution >= 4 is 40.7 Å². The van der Waals surface area contributed by atoms with Gasteiger partial charge in [-0.05, 0) is 76.4 Å². The average molecular weight is 456 g/mol. The summed E-state index contributed by atoms with van der Waals surface area (Å²) in [7, 11) is 0. The molecule has 2 aliphatic heterocycles. The summed E-state index contributed by atoms with van der Waals surface area (Å²) in [5.74, 6) is -0.0369. The molecule has 0 aromatic heterocycles. The molecule has 2 aromatic rings. The second-order valence-corrected chi connectivity index (χ2v) is 10.1. The number of nitrogens with zero attached hydrogens (tertiary/aromatic N) is 2. The van der Waals surface area contributed by atoms with Gasteiger partial charge in [0.25, 0.3) is 5.91 Å². The van der Waals surface area contributed by atoms with E-state index in [1.165, 1.54) is 19.3 Å². The van der Waals surface area contributed by atoms with Gasteiger partial charge in [-0.2, -0.15) is 0 Å². The lowest BCUT2D eigenvalue weighted by Gasteiger charge is -2.39. The highest BCUT2D eigenvalue weighted by molar-refractivity contribution is 7.99. The van der Waals surface area contributed by atoms with Crippen LogP contribution in [-0.2, 0) is 0 Å². The fraction of sp³-hybridized carbons (Fsp3) is 0.440. The molecule has 1 fully saturated rings. The van der Waals surface area contributed by atoms with Crippen LogP contribution in [0, 0.1) is 0 Å². The first-order valence-electron chi connectivity index (χ1n) is 11.1. The van der Waals surface area contributed by atoms with E-state index in [0.717, 1.165) is 39.7 Å². The molecule has 1 amide bonds. The maximum atomic E-state index is 12.7. The van der Waals surface area contributed by atoms with Gasteiger partial charge >= 0.3 is 0 Å². The smallest absolute Gasteiger partial charge is 0.251 e. The molecule has 2 aliphatic rings. The van der Waals surface area contributed by atoms with E-state index in [-0.39, 0.29) is 5.91 Å². The maximum Gasteiger partial charge on any atom is 0.251 e. The normalized spacial score (nSPS) is 21.0. The van der Waals surface area contributed by atoms with Gasteiger partial charge < -0.3 is 5.32 Å². The van der Waals surface area contributed by atoms with Crippen LogP contribution in [0.2, 0.25) is 5.02 Å². The fourth-order valence-corrected chi connectivity index (χ4v) is 5.75. The van der Waals surface area contributed by atoms with E-state index in [9.17, 15) is 4.79 Å². The van der Waals surface area contributed by atoms with Crippen molar-refractivity contribution in [3.8, 4) is 0 Å². The monoisotopic (exact) mass is 455 g/mol. The number of amides is 1. The topological polar surface area (TPSA) is 44.7 Å². The van der Waals surface area contributed by atoms with Gasteiger partial charge in [0.1, 0.15) is 0 Å². The zero-order valence-electron chi connectivity index (χ0n) is 18.5. The minimum absolute atomic E-state index is 0.0369. The van der Waals surface area contributed by atoms with Crippen molar-refractivity contribution in [3.63, 3.8) is 0 Å². The second kappa shape index (κ2) is 9.76. The molecule has 164 valence electrons. The van der Waals surface area contributed by atoms with Gasteiger partial charge in [-0.25, -0.2) is 0 Å². The summed E-state index contributed by atoms with van der Waals surface area (Å²) in [5, 5.41) is 3.79. The molecule has 4 nitrogen and oxygen atoms in total. The Morgan fingerprint density at radius 2 is 1.90 bits per heavy atom. The molecule has 0 unspecified atom stereocenters. The number of carbonyl (C=O) groups is 1. The fourth-order valence-electron chi connectivity index (χ4n) is 4.55. The van der Waals surface area contributed by atoms with Crippen molar-refractivity contribution in [2.75, 3.05) is 13.1 Å². The molecule has 0 saturated carbocycles. The predicted octanol–water partition coefficient (Wildman–Crippen LogP) is 6.33. The molecule has 4 rings (SSSR count). The number of aliphatic imine (C=N–C) groups is 1. The molecule has 31 heavy (non-hydrogen) atoms. The molecule has 0 radical (unpaired) electrons. The summed E-state index contributed by atoms with van der Waals surface area (Å²) >= 11 is 7.84. The third-order valence-corrected chi connectivity index (χ3v) is 7.69. The van der Waals surface area contributed by atoms with Gasteiger partial charge in [-0.1, -0.05) is 29.8 Å². The molecule has 0 bridgehead atoms. The largest absolute Gasteiger partial charge is 0.352 e. The van der Waals surface area contributed by atoms with Crippen LogP contribution in [-0.4, -0.2) is 41.7 Å². The Balaban J connectivity index is 1.39. The molecular formula is C25H30ClN3OS. The average Bonchev–Trinajstić information content (AvgIpc) is 2.88. The Bertz CT molecular complexity index is 996. The Labute approximate surface area is 194 Å². The van der Waals surface area contributed by atoms with Crippen LogP contribution in [0.1, 0.15) is 62.4 Å². The van der Waals surface area contributed by atoms with Crippen LogP contribution in [0.3, 0.4) is 0 Å². The summed E-state index contributed by atoms with van der Waals surface area (Å²) in [6.07, 6.45) is 4.85. The molecule has 2 atom stereocenters. The van der Waals surface area contributed by atoms with Crippen LogP contribution < -0.4 is 5.32 Å². The highest BCUT2D eigenvalue weighted by Gasteiger charge is 2.24. The Morgan fingerprint density at radius 1 is 1.16 bits per heavy atom. The minimum atomic E-state index is -0.0369. The second-order valence-electron chi connectivity index (χ2n) is 8.60. The first-order chi connectivity index (χ1) is 14.9. The summed E-state index contributed by atoms with van der Waals surface area (Å²) in [6.45, 7) is 8.34. The number of piperidine rings is 1. The Morgan fingerprint density at radius 3 is 2.68 bits per heavy atom. The van der Waals surface area contributed by atoms with Crippen LogP contribution in [0.4, 0.5) is 5.69 Å². The van der Waals surface area contributed by atoms with Gasteiger partial charge in [0.05, 0.1) is 5.69 Å². The number of fused-ring (bicyclic) bond motifs is 2. The van der Waals surface area contributed by atoms with E-state index >= 15 is 0 Å². The molecule has 0 aliphatic carbocycles. The van der Waals surface area contributed by atoms with E-state index < -0.39 is 0 Å². The zero-order valence-corrected chi connectivity index (χ0v) is 20.0. The van der Waals surface area contributed by atoms with Crippen LogP contribution >= 0.6 is 23.4 Å². The minimum Gasteiger partial charge on any atom is -0.352 e. The lowest BCUT2D eigenvalue weighted by atomic mass is 9.97. The molecule has 2 heterocycles.